The number of imidazole rings is 1. The van der Waals surface area contributed by atoms with Crippen LogP contribution in [0.15, 0.2) is 54.2 Å². The molecule has 3 aromatic rings. The van der Waals surface area contributed by atoms with Gasteiger partial charge in [-0.25, -0.2) is 4.98 Å². The lowest BCUT2D eigenvalue weighted by atomic mass is 9.84. The van der Waals surface area contributed by atoms with Gasteiger partial charge in [0, 0.05) is 40.7 Å². The number of aromatic nitrogens is 2. The summed E-state index contributed by atoms with van der Waals surface area (Å²) in [5.74, 6) is 2.80. The van der Waals surface area contributed by atoms with Crippen molar-refractivity contribution < 1.29 is 4.74 Å². The van der Waals surface area contributed by atoms with Gasteiger partial charge in [-0.05, 0) is 55.9 Å². The maximum absolute atomic E-state index is 6.37. The van der Waals surface area contributed by atoms with E-state index < -0.39 is 0 Å². The first kappa shape index (κ1) is 17.0. The van der Waals surface area contributed by atoms with Gasteiger partial charge in [0.15, 0.2) is 0 Å². The molecule has 0 saturated carbocycles. The number of piperidine rings is 1. The van der Waals surface area contributed by atoms with Crippen LogP contribution >= 0.6 is 0 Å². The van der Waals surface area contributed by atoms with Crippen molar-refractivity contribution in [1.82, 2.24) is 15.3 Å². The molecule has 2 unspecified atom stereocenters. The predicted octanol–water partition coefficient (Wildman–Crippen LogP) is 5.46. The van der Waals surface area contributed by atoms with Gasteiger partial charge in [-0.15, -0.1) is 0 Å². The van der Waals surface area contributed by atoms with E-state index in [1.807, 2.05) is 6.20 Å². The first-order chi connectivity index (χ1) is 14.3. The zero-order valence-electron chi connectivity index (χ0n) is 16.7. The van der Waals surface area contributed by atoms with E-state index in [1.165, 1.54) is 29.5 Å². The van der Waals surface area contributed by atoms with Crippen LogP contribution in [0.4, 0.5) is 0 Å². The quantitative estimate of drug-likeness (QED) is 0.483. The summed E-state index contributed by atoms with van der Waals surface area (Å²) in [4.78, 5) is 7.97. The van der Waals surface area contributed by atoms with Crippen LogP contribution in [0.3, 0.4) is 0 Å². The van der Waals surface area contributed by atoms with Gasteiger partial charge in [0.25, 0.3) is 0 Å². The molecule has 4 heterocycles. The standard InChI is InChI=1S/C25H25N3O/c1-2-17-14-26-25(28-17)15-7-10-21-23(13-15)29-22-6-4-3-5-20(22)24(21)16-11-18-8-9-19(12-16)27-18/h3-7,10,13-14,18-19,27H,2,8-9,11-12H2,1H3,(H,26,28). The van der Waals surface area contributed by atoms with Crippen LogP contribution in [0.25, 0.3) is 17.0 Å². The van der Waals surface area contributed by atoms with Gasteiger partial charge in [0.1, 0.15) is 17.3 Å². The molecule has 4 nitrogen and oxygen atoms in total. The summed E-state index contributed by atoms with van der Waals surface area (Å²) >= 11 is 0. The van der Waals surface area contributed by atoms with Crippen LogP contribution in [-0.4, -0.2) is 22.1 Å². The smallest absolute Gasteiger partial charge is 0.137 e. The lowest BCUT2D eigenvalue weighted by molar-refractivity contribution is 0.465. The third-order valence-corrected chi connectivity index (χ3v) is 6.58. The van der Waals surface area contributed by atoms with Gasteiger partial charge in [0.05, 0.1) is 0 Å². The third-order valence-electron chi connectivity index (χ3n) is 6.58. The summed E-state index contributed by atoms with van der Waals surface area (Å²) in [5, 5.41) is 3.77. The average Bonchev–Trinajstić information content (AvgIpc) is 3.37. The van der Waals surface area contributed by atoms with Crippen molar-refractivity contribution in [1.29, 1.82) is 0 Å². The highest BCUT2D eigenvalue weighted by Gasteiger charge is 2.34. The van der Waals surface area contributed by atoms with E-state index in [-0.39, 0.29) is 0 Å². The summed E-state index contributed by atoms with van der Waals surface area (Å²) in [6, 6.07) is 16.3. The molecule has 2 atom stereocenters. The molecule has 3 aliphatic rings. The highest BCUT2D eigenvalue weighted by atomic mass is 16.5. The van der Waals surface area contributed by atoms with Gasteiger partial charge in [-0.3, -0.25) is 0 Å². The molecule has 6 rings (SSSR count). The minimum Gasteiger partial charge on any atom is -0.456 e. The molecule has 2 N–H and O–H groups in total. The molecule has 2 bridgehead atoms. The van der Waals surface area contributed by atoms with Crippen molar-refractivity contribution >= 4 is 5.57 Å². The molecule has 2 aromatic carbocycles. The molecular weight excluding hydrogens is 358 g/mol. The fraction of sp³-hybridized carbons (Fsp3) is 0.320. The average molecular weight is 383 g/mol. The zero-order chi connectivity index (χ0) is 19.4. The minimum atomic E-state index is 0.629. The number of ether oxygens (including phenoxy) is 1. The summed E-state index contributed by atoms with van der Waals surface area (Å²) in [7, 11) is 0. The number of nitrogens with zero attached hydrogens (tertiary/aromatic N) is 1. The van der Waals surface area contributed by atoms with E-state index in [1.54, 1.807) is 5.57 Å². The van der Waals surface area contributed by atoms with E-state index in [0.29, 0.717) is 12.1 Å². The third kappa shape index (κ3) is 2.82. The second kappa shape index (κ2) is 6.60. The Balaban J connectivity index is 1.50. The molecule has 2 fully saturated rings. The first-order valence-corrected chi connectivity index (χ1v) is 10.7. The SMILES string of the molecule is CCc1cnc(-c2ccc3c(c2)Oc2ccccc2C3=C2CC3CCC(C2)N3)[nH]1. The molecule has 4 heteroatoms. The number of fused-ring (bicyclic) bond motifs is 4. The molecule has 3 aliphatic heterocycles. The molecule has 0 amide bonds. The van der Waals surface area contributed by atoms with Gasteiger partial charge in [0.2, 0.25) is 0 Å². The van der Waals surface area contributed by atoms with E-state index in [0.717, 1.165) is 47.8 Å². The predicted molar refractivity (Wildman–Crippen MR) is 115 cm³/mol. The first-order valence-electron chi connectivity index (χ1n) is 10.7. The highest BCUT2D eigenvalue weighted by molar-refractivity contribution is 5.90. The zero-order valence-corrected chi connectivity index (χ0v) is 16.7. The van der Waals surface area contributed by atoms with Crippen molar-refractivity contribution in [3.05, 3.63) is 71.1 Å². The summed E-state index contributed by atoms with van der Waals surface area (Å²) in [6.07, 6.45) is 7.74. The second-order valence-electron chi connectivity index (χ2n) is 8.44. The topological polar surface area (TPSA) is 49.9 Å². The van der Waals surface area contributed by atoms with Gasteiger partial charge in [-0.1, -0.05) is 36.8 Å². The van der Waals surface area contributed by atoms with E-state index in [4.69, 9.17) is 4.74 Å². The minimum absolute atomic E-state index is 0.629. The molecule has 1 aromatic heterocycles. The van der Waals surface area contributed by atoms with Crippen LogP contribution in [0.2, 0.25) is 0 Å². The Bertz CT molecular complexity index is 1110. The van der Waals surface area contributed by atoms with Crippen LogP contribution < -0.4 is 10.1 Å². The summed E-state index contributed by atoms with van der Waals surface area (Å²) in [5.41, 5.74) is 7.63. The second-order valence-corrected chi connectivity index (χ2v) is 8.44. The van der Waals surface area contributed by atoms with Crippen LogP contribution in [0.5, 0.6) is 11.5 Å². The van der Waals surface area contributed by atoms with E-state index in [2.05, 4.69) is 64.7 Å². The number of hydrogen-bond donors (Lipinski definition) is 2. The summed E-state index contributed by atoms with van der Waals surface area (Å²) in [6.45, 7) is 2.13. The number of benzene rings is 2. The van der Waals surface area contributed by atoms with Gasteiger partial charge >= 0.3 is 0 Å². The Morgan fingerprint density at radius 2 is 1.79 bits per heavy atom. The molecule has 29 heavy (non-hydrogen) atoms. The maximum atomic E-state index is 6.37. The van der Waals surface area contributed by atoms with E-state index >= 15 is 0 Å². The Morgan fingerprint density at radius 1 is 1.00 bits per heavy atom. The van der Waals surface area contributed by atoms with Crippen molar-refractivity contribution in [2.24, 2.45) is 0 Å². The van der Waals surface area contributed by atoms with Gasteiger partial charge in [-0.2, -0.15) is 0 Å². The van der Waals surface area contributed by atoms with Crippen molar-refractivity contribution in [2.45, 2.75) is 51.1 Å². The van der Waals surface area contributed by atoms with Gasteiger partial charge < -0.3 is 15.0 Å². The van der Waals surface area contributed by atoms with Crippen LogP contribution in [-0.2, 0) is 6.42 Å². The summed E-state index contributed by atoms with van der Waals surface area (Å²) < 4.78 is 6.37. The molecule has 146 valence electrons. The highest BCUT2D eigenvalue weighted by Crippen LogP contribution is 2.48. The van der Waals surface area contributed by atoms with Crippen molar-refractivity contribution in [3.8, 4) is 22.9 Å². The lowest BCUT2D eigenvalue weighted by Gasteiger charge is -2.30. The Kier molecular flexibility index (Phi) is 3.88. The fourth-order valence-corrected chi connectivity index (χ4v) is 5.16. The largest absolute Gasteiger partial charge is 0.456 e. The number of rotatable bonds is 2. The van der Waals surface area contributed by atoms with Crippen molar-refractivity contribution in [3.63, 3.8) is 0 Å². The molecule has 0 spiro atoms. The Hall–Kier alpha value is -2.85. The van der Waals surface area contributed by atoms with Crippen LogP contribution in [0.1, 0.15) is 49.4 Å². The maximum Gasteiger partial charge on any atom is 0.137 e. The Morgan fingerprint density at radius 3 is 2.59 bits per heavy atom. The molecular formula is C25H25N3O. The molecule has 0 aliphatic carbocycles. The normalized spacial score (nSPS) is 22.2. The fourth-order valence-electron chi connectivity index (χ4n) is 5.16. The Labute approximate surface area is 171 Å². The number of aromatic amines is 1. The van der Waals surface area contributed by atoms with E-state index in [9.17, 15) is 0 Å². The molecule has 0 radical (unpaired) electrons. The number of hydrogen-bond acceptors (Lipinski definition) is 3. The lowest BCUT2D eigenvalue weighted by Crippen LogP contribution is -2.35. The monoisotopic (exact) mass is 383 g/mol. The number of H-pyrrole nitrogens is 1. The van der Waals surface area contributed by atoms with Crippen LogP contribution in [0, 0.1) is 0 Å². The molecule has 2 saturated heterocycles. The van der Waals surface area contributed by atoms with Crippen molar-refractivity contribution in [2.75, 3.05) is 0 Å². The number of para-hydroxylation sites is 1. The number of nitrogens with one attached hydrogen (secondary N) is 2. The number of aryl methyl sites for hydroxylation is 1.